The Hall–Kier alpha value is -2.47. The Labute approximate surface area is 138 Å². The molecule has 0 spiro atoms. The van der Waals surface area contributed by atoms with Crippen LogP contribution in [0.15, 0.2) is 24.3 Å². The molecule has 0 saturated heterocycles. The highest BCUT2D eigenvalue weighted by Gasteiger charge is 2.82. The van der Waals surface area contributed by atoms with Crippen molar-refractivity contribution in [3.63, 3.8) is 0 Å². The molecule has 0 aliphatic rings. The number of hydrogen-bond acceptors (Lipinski definition) is 4. The summed E-state index contributed by atoms with van der Waals surface area (Å²) in [5, 5.41) is 10.7. The summed E-state index contributed by atoms with van der Waals surface area (Å²) in [7, 11) is 0. The normalized spacial score (nSPS) is 13.4. The second-order valence-electron chi connectivity index (χ2n) is 4.76. The van der Waals surface area contributed by atoms with Gasteiger partial charge in [-0.05, 0) is 6.07 Å². The first-order valence-corrected chi connectivity index (χ1v) is 6.24. The topological polar surface area (TPSA) is 66.4 Å². The molecule has 13 heteroatoms. The summed E-state index contributed by atoms with van der Waals surface area (Å²) in [6, 6.07) is 3.51. The van der Waals surface area contributed by atoms with Crippen molar-refractivity contribution in [2.75, 3.05) is 6.61 Å². The summed E-state index contributed by atoms with van der Waals surface area (Å²) < 4.78 is 117. The van der Waals surface area contributed by atoms with Gasteiger partial charge in [0.25, 0.3) is 0 Å². The van der Waals surface area contributed by atoms with Gasteiger partial charge in [-0.15, -0.1) is 0 Å². The molecule has 0 aliphatic heterocycles. The lowest BCUT2D eigenvalue weighted by atomic mass is 10.0. The maximum absolute atomic E-state index is 13.2. The van der Waals surface area contributed by atoms with Gasteiger partial charge in [0.2, 0.25) is 0 Å². The first-order chi connectivity index (χ1) is 11.6. The third-order valence-corrected chi connectivity index (χ3v) is 2.96. The Balaban J connectivity index is 3.05. The predicted octanol–water partition coefficient (Wildman–Crippen LogP) is 2.68. The number of aromatic carboxylic acids is 1. The van der Waals surface area contributed by atoms with E-state index in [2.05, 4.69) is 4.74 Å². The van der Waals surface area contributed by atoms with Crippen LogP contribution in [0.1, 0.15) is 20.7 Å². The molecule has 1 aromatic rings. The molecule has 0 aromatic heterocycles. The number of benzene rings is 1. The van der Waals surface area contributed by atoms with Crippen LogP contribution in [0.3, 0.4) is 0 Å². The predicted molar refractivity (Wildman–Crippen MR) is 62.0 cm³/mol. The van der Waals surface area contributed by atoms with Crippen molar-refractivity contribution in [3.8, 4) is 0 Å². The fraction of sp³-hybridized carbons (Fsp3) is 0.385. The molecule has 0 N–H and O–H groups in total. The summed E-state index contributed by atoms with van der Waals surface area (Å²) >= 11 is 0. The second-order valence-corrected chi connectivity index (χ2v) is 4.76. The molecule has 0 radical (unpaired) electrons. The van der Waals surface area contributed by atoms with Gasteiger partial charge in [0, 0.05) is 5.56 Å². The lowest BCUT2D eigenvalue weighted by molar-refractivity contribution is -0.398. The van der Waals surface area contributed by atoms with Crippen molar-refractivity contribution in [2.45, 2.75) is 23.9 Å². The molecule has 0 aliphatic carbocycles. The van der Waals surface area contributed by atoms with Crippen LogP contribution >= 0.6 is 0 Å². The zero-order chi connectivity index (χ0) is 20.6. The van der Waals surface area contributed by atoms with Gasteiger partial charge in [-0.2, -0.15) is 39.5 Å². The SMILES string of the molecule is O=C([O-])c1ccccc1C(=O)OCC(F)(F)C(F)(F)C(F)(F)C(F)(F)F. The van der Waals surface area contributed by atoms with E-state index in [1.807, 2.05) is 0 Å². The van der Waals surface area contributed by atoms with E-state index in [0.29, 0.717) is 6.07 Å². The molecule has 0 atom stereocenters. The number of carbonyl (C=O) groups is 2. The molecule has 1 rings (SSSR count). The van der Waals surface area contributed by atoms with Gasteiger partial charge in [-0.1, -0.05) is 18.2 Å². The Morgan fingerprint density at radius 2 is 1.31 bits per heavy atom. The molecular formula is C13H6F9O4-. The molecule has 146 valence electrons. The Morgan fingerprint density at radius 1 is 0.846 bits per heavy atom. The first-order valence-electron chi connectivity index (χ1n) is 6.24. The van der Waals surface area contributed by atoms with E-state index >= 15 is 0 Å². The number of rotatable bonds is 6. The molecule has 1 aromatic carbocycles. The lowest BCUT2D eigenvalue weighted by Gasteiger charge is -2.33. The zero-order valence-corrected chi connectivity index (χ0v) is 12.1. The van der Waals surface area contributed by atoms with Crippen LogP contribution in [0.4, 0.5) is 39.5 Å². The smallest absolute Gasteiger partial charge is 0.460 e. The molecule has 0 heterocycles. The molecule has 4 nitrogen and oxygen atoms in total. The summed E-state index contributed by atoms with van der Waals surface area (Å²) in [4.78, 5) is 22.2. The number of carboxylic acids is 1. The Bertz CT molecular complexity index is 697. The van der Waals surface area contributed by atoms with E-state index in [-0.39, 0.29) is 0 Å². The third-order valence-electron chi connectivity index (χ3n) is 2.96. The fourth-order valence-corrected chi connectivity index (χ4v) is 1.57. The maximum Gasteiger partial charge on any atom is 0.460 e. The van der Waals surface area contributed by atoms with Gasteiger partial charge in [0.15, 0.2) is 6.61 Å². The average molecular weight is 397 g/mol. The van der Waals surface area contributed by atoms with E-state index in [0.717, 1.165) is 18.2 Å². The van der Waals surface area contributed by atoms with Crippen molar-refractivity contribution in [2.24, 2.45) is 0 Å². The van der Waals surface area contributed by atoms with Crippen molar-refractivity contribution < 1.29 is 58.9 Å². The minimum absolute atomic E-state index is 0.689. The van der Waals surface area contributed by atoms with Gasteiger partial charge in [0.1, 0.15) is 0 Å². The van der Waals surface area contributed by atoms with Crippen LogP contribution in [0.25, 0.3) is 0 Å². The summed E-state index contributed by atoms with van der Waals surface area (Å²) in [6.07, 6.45) is -7.01. The van der Waals surface area contributed by atoms with Crippen molar-refractivity contribution >= 4 is 11.9 Å². The highest BCUT2D eigenvalue weighted by Crippen LogP contribution is 2.53. The van der Waals surface area contributed by atoms with Gasteiger partial charge in [-0.3, -0.25) is 0 Å². The van der Waals surface area contributed by atoms with Crippen molar-refractivity contribution in [1.29, 1.82) is 0 Å². The highest BCUT2D eigenvalue weighted by molar-refractivity contribution is 6.01. The summed E-state index contributed by atoms with van der Waals surface area (Å²) in [5.74, 6) is -24.2. The number of ether oxygens (including phenoxy) is 1. The van der Waals surface area contributed by atoms with Gasteiger partial charge >= 0.3 is 29.9 Å². The van der Waals surface area contributed by atoms with Gasteiger partial charge in [0.05, 0.1) is 11.5 Å². The van der Waals surface area contributed by atoms with Crippen LogP contribution in [0.5, 0.6) is 0 Å². The highest BCUT2D eigenvalue weighted by atomic mass is 19.4. The maximum atomic E-state index is 13.2. The van der Waals surface area contributed by atoms with E-state index in [9.17, 15) is 54.2 Å². The number of carboxylic acid groups (broad SMARTS) is 1. The quantitative estimate of drug-likeness (QED) is 0.547. The number of alkyl halides is 9. The summed E-state index contributed by atoms with van der Waals surface area (Å²) in [6.45, 7) is -2.87. The molecule has 0 unspecified atom stereocenters. The van der Waals surface area contributed by atoms with Crippen LogP contribution in [0, 0.1) is 0 Å². The molecule has 0 fully saturated rings. The second kappa shape index (κ2) is 6.68. The standard InChI is InChI=1S/C13H7F9O4/c14-10(15,11(16,17)12(18,19)13(20,21)22)5-26-9(25)7-4-2-1-3-6(7)8(23)24/h1-4H,5H2,(H,23,24)/p-1. The molecular weight excluding hydrogens is 391 g/mol. The van der Waals surface area contributed by atoms with E-state index in [4.69, 9.17) is 0 Å². The van der Waals surface area contributed by atoms with Crippen LogP contribution in [-0.2, 0) is 4.74 Å². The van der Waals surface area contributed by atoms with Crippen molar-refractivity contribution in [3.05, 3.63) is 35.4 Å². The lowest BCUT2D eigenvalue weighted by Crippen LogP contribution is -2.62. The minimum atomic E-state index is -7.13. The molecule has 0 saturated carbocycles. The molecule has 0 bridgehead atoms. The Kier molecular flexibility index (Phi) is 5.55. The minimum Gasteiger partial charge on any atom is -0.545 e. The number of carbonyl (C=O) groups excluding carboxylic acids is 2. The molecule has 26 heavy (non-hydrogen) atoms. The molecule has 0 amide bonds. The largest absolute Gasteiger partial charge is 0.545 e. The van der Waals surface area contributed by atoms with E-state index < -0.39 is 53.6 Å². The first kappa shape index (κ1) is 21.6. The van der Waals surface area contributed by atoms with E-state index in [1.54, 1.807) is 0 Å². The fourth-order valence-electron chi connectivity index (χ4n) is 1.57. The van der Waals surface area contributed by atoms with Gasteiger partial charge < -0.3 is 14.6 Å². The zero-order valence-electron chi connectivity index (χ0n) is 12.1. The van der Waals surface area contributed by atoms with E-state index in [1.165, 1.54) is 0 Å². The van der Waals surface area contributed by atoms with Crippen LogP contribution in [-0.4, -0.2) is 42.5 Å². The number of halogens is 9. The Morgan fingerprint density at radius 3 is 1.73 bits per heavy atom. The summed E-state index contributed by atoms with van der Waals surface area (Å²) in [5.41, 5.74) is -1.87. The van der Waals surface area contributed by atoms with Crippen LogP contribution < -0.4 is 5.11 Å². The van der Waals surface area contributed by atoms with Gasteiger partial charge in [-0.25, -0.2) is 4.79 Å². The number of esters is 1. The average Bonchev–Trinajstić information content (AvgIpc) is 2.51. The third kappa shape index (κ3) is 3.70. The number of hydrogen-bond donors (Lipinski definition) is 0. The monoisotopic (exact) mass is 397 g/mol. The van der Waals surface area contributed by atoms with Crippen LogP contribution in [0.2, 0.25) is 0 Å². The van der Waals surface area contributed by atoms with Crippen molar-refractivity contribution in [1.82, 2.24) is 0 Å².